The predicted molar refractivity (Wildman–Crippen MR) is 85.4 cm³/mol. The largest absolute Gasteiger partial charge is 0.444 e. The summed E-state index contributed by atoms with van der Waals surface area (Å²) in [6.07, 6.45) is 9.79. The average molecular weight is 296 g/mol. The van der Waals surface area contributed by atoms with Crippen molar-refractivity contribution in [2.45, 2.75) is 89.8 Å². The van der Waals surface area contributed by atoms with Gasteiger partial charge in [0, 0.05) is 12.1 Å². The first-order valence-corrected chi connectivity index (χ1v) is 8.67. The summed E-state index contributed by atoms with van der Waals surface area (Å²) in [6.45, 7) is 6.83. The molecule has 2 atom stereocenters. The topological polar surface area (TPSA) is 50.4 Å². The maximum absolute atomic E-state index is 12.0. The second-order valence-electron chi connectivity index (χ2n) is 7.70. The van der Waals surface area contributed by atoms with Gasteiger partial charge in [0.25, 0.3) is 0 Å². The number of hydrogen-bond acceptors (Lipinski definition) is 3. The third-order valence-electron chi connectivity index (χ3n) is 4.61. The molecule has 2 saturated carbocycles. The van der Waals surface area contributed by atoms with Gasteiger partial charge in [-0.15, -0.1) is 0 Å². The van der Waals surface area contributed by atoms with Crippen molar-refractivity contribution in [3.63, 3.8) is 0 Å². The highest BCUT2D eigenvalue weighted by Gasteiger charge is 2.28. The second-order valence-corrected chi connectivity index (χ2v) is 7.70. The van der Waals surface area contributed by atoms with E-state index in [9.17, 15) is 4.79 Å². The summed E-state index contributed by atoms with van der Waals surface area (Å²) in [5.41, 5.74) is -0.427. The predicted octanol–water partition coefficient (Wildman–Crippen LogP) is 3.60. The molecule has 2 aliphatic carbocycles. The van der Waals surface area contributed by atoms with Crippen molar-refractivity contribution in [1.29, 1.82) is 0 Å². The standard InChI is InChI=1S/C17H32N2O2/c1-17(2,3)21-16(20)19-15-11-6-4-5-10-14(15)18-12-13-8-7-9-13/h13-15,18H,4-12H2,1-3H3,(H,19,20). The third-order valence-corrected chi connectivity index (χ3v) is 4.61. The number of carbonyl (C=O) groups excluding carboxylic acids is 1. The van der Waals surface area contributed by atoms with Gasteiger partial charge in [0.1, 0.15) is 5.60 Å². The molecule has 0 heterocycles. The van der Waals surface area contributed by atoms with Crippen molar-refractivity contribution in [3.05, 3.63) is 0 Å². The Morgan fingerprint density at radius 1 is 1.00 bits per heavy atom. The Hall–Kier alpha value is -0.770. The number of hydrogen-bond donors (Lipinski definition) is 2. The third kappa shape index (κ3) is 5.85. The minimum atomic E-state index is -0.427. The van der Waals surface area contributed by atoms with E-state index < -0.39 is 5.60 Å². The highest BCUT2D eigenvalue weighted by atomic mass is 16.6. The maximum atomic E-state index is 12.0. The van der Waals surface area contributed by atoms with E-state index in [1.165, 1.54) is 38.5 Å². The van der Waals surface area contributed by atoms with E-state index in [1.54, 1.807) is 0 Å². The molecule has 2 N–H and O–H groups in total. The van der Waals surface area contributed by atoms with Crippen LogP contribution in [0, 0.1) is 5.92 Å². The van der Waals surface area contributed by atoms with Gasteiger partial charge in [0.05, 0.1) is 0 Å². The Bertz CT molecular complexity index is 334. The normalized spacial score (nSPS) is 27.6. The molecule has 0 aliphatic heterocycles. The van der Waals surface area contributed by atoms with Crippen molar-refractivity contribution in [1.82, 2.24) is 10.6 Å². The lowest BCUT2D eigenvalue weighted by molar-refractivity contribution is 0.0488. The SMILES string of the molecule is CC(C)(C)OC(=O)NC1CCCCCC1NCC1CCC1. The van der Waals surface area contributed by atoms with Crippen LogP contribution in [0.25, 0.3) is 0 Å². The smallest absolute Gasteiger partial charge is 0.407 e. The average Bonchev–Trinajstić information content (AvgIpc) is 2.50. The molecule has 4 heteroatoms. The summed E-state index contributed by atoms with van der Waals surface area (Å²) < 4.78 is 5.41. The molecule has 0 aromatic carbocycles. The van der Waals surface area contributed by atoms with Gasteiger partial charge < -0.3 is 15.4 Å². The molecule has 0 radical (unpaired) electrons. The molecule has 21 heavy (non-hydrogen) atoms. The van der Waals surface area contributed by atoms with E-state index in [4.69, 9.17) is 4.74 Å². The van der Waals surface area contributed by atoms with E-state index >= 15 is 0 Å². The lowest BCUT2D eigenvalue weighted by Crippen LogP contribution is -2.51. The van der Waals surface area contributed by atoms with Gasteiger partial charge in [-0.05, 0) is 58.9 Å². The van der Waals surface area contributed by atoms with Crippen LogP contribution < -0.4 is 10.6 Å². The van der Waals surface area contributed by atoms with Gasteiger partial charge in [-0.2, -0.15) is 0 Å². The highest BCUT2D eigenvalue weighted by Crippen LogP contribution is 2.26. The fourth-order valence-corrected chi connectivity index (χ4v) is 3.20. The number of ether oxygens (including phenoxy) is 1. The summed E-state index contributed by atoms with van der Waals surface area (Å²) in [5, 5.41) is 6.81. The van der Waals surface area contributed by atoms with Gasteiger partial charge in [-0.3, -0.25) is 0 Å². The fraction of sp³-hybridized carbons (Fsp3) is 0.941. The van der Waals surface area contributed by atoms with Crippen LogP contribution in [0.15, 0.2) is 0 Å². The second kappa shape index (κ2) is 7.48. The van der Waals surface area contributed by atoms with Crippen molar-refractivity contribution >= 4 is 6.09 Å². The van der Waals surface area contributed by atoms with Crippen molar-refractivity contribution in [2.75, 3.05) is 6.54 Å². The Kier molecular flexibility index (Phi) is 5.91. The monoisotopic (exact) mass is 296 g/mol. The summed E-state index contributed by atoms with van der Waals surface area (Å²) in [4.78, 5) is 12.0. The zero-order valence-corrected chi connectivity index (χ0v) is 13.9. The number of carbonyl (C=O) groups is 1. The molecule has 1 amide bonds. The Morgan fingerprint density at radius 2 is 1.67 bits per heavy atom. The number of amides is 1. The van der Waals surface area contributed by atoms with E-state index in [0.717, 1.165) is 25.3 Å². The van der Waals surface area contributed by atoms with E-state index in [0.29, 0.717) is 6.04 Å². The van der Waals surface area contributed by atoms with Crippen LogP contribution in [0.5, 0.6) is 0 Å². The van der Waals surface area contributed by atoms with Gasteiger partial charge in [-0.1, -0.05) is 25.7 Å². The van der Waals surface area contributed by atoms with Gasteiger partial charge >= 0.3 is 6.09 Å². The first kappa shape index (κ1) is 16.6. The molecule has 4 nitrogen and oxygen atoms in total. The van der Waals surface area contributed by atoms with Crippen LogP contribution >= 0.6 is 0 Å². The fourth-order valence-electron chi connectivity index (χ4n) is 3.20. The molecule has 2 aliphatic rings. The van der Waals surface area contributed by atoms with Gasteiger partial charge in [0.2, 0.25) is 0 Å². The van der Waals surface area contributed by atoms with E-state index in [1.807, 2.05) is 20.8 Å². The van der Waals surface area contributed by atoms with Crippen LogP contribution in [-0.4, -0.2) is 30.3 Å². The zero-order valence-electron chi connectivity index (χ0n) is 13.9. The molecule has 2 rings (SSSR count). The van der Waals surface area contributed by atoms with Crippen LogP contribution in [0.4, 0.5) is 4.79 Å². The van der Waals surface area contributed by atoms with Gasteiger partial charge in [-0.25, -0.2) is 4.79 Å². The van der Waals surface area contributed by atoms with Gasteiger partial charge in [0.15, 0.2) is 0 Å². The van der Waals surface area contributed by atoms with E-state index in [2.05, 4.69) is 10.6 Å². The molecular formula is C17H32N2O2. The van der Waals surface area contributed by atoms with E-state index in [-0.39, 0.29) is 12.1 Å². The van der Waals surface area contributed by atoms with Crippen molar-refractivity contribution in [3.8, 4) is 0 Å². The summed E-state index contributed by atoms with van der Waals surface area (Å²) in [5.74, 6) is 0.857. The van der Waals surface area contributed by atoms with Crippen LogP contribution in [0.2, 0.25) is 0 Å². The van der Waals surface area contributed by atoms with Crippen molar-refractivity contribution in [2.24, 2.45) is 5.92 Å². The number of nitrogens with one attached hydrogen (secondary N) is 2. The lowest BCUT2D eigenvalue weighted by atomic mass is 9.85. The molecule has 2 unspecified atom stereocenters. The first-order valence-electron chi connectivity index (χ1n) is 8.67. The molecule has 0 bridgehead atoms. The minimum absolute atomic E-state index is 0.211. The number of alkyl carbamates (subject to hydrolysis) is 1. The number of rotatable bonds is 4. The molecule has 2 fully saturated rings. The molecule has 122 valence electrons. The Balaban J connectivity index is 1.83. The summed E-state index contributed by atoms with van der Waals surface area (Å²) in [7, 11) is 0. The molecular weight excluding hydrogens is 264 g/mol. The summed E-state index contributed by atoms with van der Waals surface area (Å²) in [6, 6.07) is 0.614. The van der Waals surface area contributed by atoms with Crippen LogP contribution in [0.3, 0.4) is 0 Å². The van der Waals surface area contributed by atoms with Crippen LogP contribution in [0.1, 0.15) is 72.1 Å². The molecule has 0 spiro atoms. The zero-order chi connectivity index (χ0) is 15.3. The molecule has 0 aromatic rings. The maximum Gasteiger partial charge on any atom is 0.407 e. The highest BCUT2D eigenvalue weighted by molar-refractivity contribution is 5.68. The minimum Gasteiger partial charge on any atom is -0.444 e. The quantitative estimate of drug-likeness (QED) is 0.779. The first-order chi connectivity index (χ1) is 9.94. The summed E-state index contributed by atoms with van der Waals surface area (Å²) >= 11 is 0. The Labute approximate surface area is 129 Å². The van der Waals surface area contributed by atoms with Crippen molar-refractivity contribution < 1.29 is 9.53 Å². The van der Waals surface area contributed by atoms with Crippen LogP contribution in [-0.2, 0) is 4.74 Å². The lowest BCUT2D eigenvalue weighted by Gasteiger charge is -2.32. The molecule has 0 saturated heterocycles. The Morgan fingerprint density at radius 3 is 2.24 bits per heavy atom. The molecule has 0 aromatic heterocycles.